The van der Waals surface area contributed by atoms with Crippen LogP contribution in [0.2, 0.25) is 0 Å². The zero-order valence-electron chi connectivity index (χ0n) is 26.7. The van der Waals surface area contributed by atoms with Crippen molar-refractivity contribution in [3.05, 3.63) is 174 Å². The predicted octanol–water partition coefficient (Wildman–Crippen LogP) is 11.5. The monoisotopic (exact) mass is 635 g/mol. The number of fused-ring (bicyclic) bond motifs is 6. The van der Waals surface area contributed by atoms with E-state index in [9.17, 15) is 10.5 Å². The van der Waals surface area contributed by atoms with Crippen molar-refractivity contribution >= 4 is 49.3 Å². The Morgan fingerprint density at radius 1 is 0.460 bits per heavy atom. The molecule has 50 heavy (non-hydrogen) atoms. The second kappa shape index (κ2) is 11.4. The third-order valence-corrected chi connectivity index (χ3v) is 9.61. The van der Waals surface area contributed by atoms with Gasteiger partial charge in [0, 0.05) is 38.3 Å². The van der Waals surface area contributed by atoms with Gasteiger partial charge in [0.25, 0.3) is 0 Å². The average Bonchev–Trinajstić information content (AvgIpc) is 3.69. The third kappa shape index (κ3) is 4.38. The number of rotatable bonds is 4. The smallest absolute Gasteiger partial charge is 0.189 e. The van der Waals surface area contributed by atoms with E-state index in [1.807, 2.05) is 66.7 Å². The van der Waals surface area contributed by atoms with Crippen LogP contribution in [0.5, 0.6) is 0 Å². The fourth-order valence-electron chi connectivity index (χ4n) is 7.38. The maximum Gasteiger partial charge on any atom is 0.189 e. The van der Waals surface area contributed by atoms with Gasteiger partial charge in [0.05, 0.1) is 52.1 Å². The Kier molecular flexibility index (Phi) is 6.56. The molecule has 7 aromatic carbocycles. The van der Waals surface area contributed by atoms with Gasteiger partial charge >= 0.3 is 0 Å². The molecule has 2 aromatic heterocycles. The first kappa shape index (κ1) is 28.8. The number of aromatic nitrogens is 2. The van der Waals surface area contributed by atoms with E-state index in [1.54, 1.807) is 0 Å². The molecule has 0 saturated heterocycles. The molecule has 5 heteroatoms. The summed E-state index contributed by atoms with van der Waals surface area (Å²) in [7, 11) is 0. The van der Waals surface area contributed by atoms with Crippen LogP contribution >= 0.6 is 0 Å². The maximum atomic E-state index is 10.0. The Hall–Kier alpha value is -7.39. The van der Waals surface area contributed by atoms with Gasteiger partial charge in [0.15, 0.2) is 5.69 Å². The fraction of sp³-hybridized carbons (Fsp3) is 0. The molecular weight excluding hydrogens is 611 g/mol. The van der Waals surface area contributed by atoms with Gasteiger partial charge in [0.1, 0.15) is 0 Å². The Morgan fingerprint density at radius 2 is 1.06 bits per heavy atom. The summed E-state index contributed by atoms with van der Waals surface area (Å²) in [5, 5.41) is 24.1. The van der Waals surface area contributed by atoms with Crippen LogP contribution in [0, 0.1) is 29.2 Å². The number of nitriles is 2. The zero-order chi connectivity index (χ0) is 33.8. The molecule has 9 aromatic rings. The number of nitrogens with zero attached hydrogens (tertiary/aromatic N) is 5. The van der Waals surface area contributed by atoms with E-state index in [0.29, 0.717) is 16.8 Å². The molecule has 0 aliphatic heterocycles. The third-order valence-electron chi connectivity index (χ3n) is 9.61. The molecule has 0 aliphatic rings. The molecule has 5 nitrogen and oxygen atoms in total. The van der Waals surface area contributed by atoms with Crippen LogP contribution in [0.1, 0.15) is 11.1 Å². The van der Waals surface area contributed by atoms with E-state index in [2.05, 4.69) is 111 Å². The largest absolute Gasteiger partial charge is 0.310 e. The topological polar surface area (TPSA) is 61.8 Å². The molecule has 0 radical (unpaired) electrons. The minimum atomic E-state index is 0.529. The highest BCUT2D eigenvalue weighted by Crippen LogP contribution is 2.41. The summed E-state index contributed by atoms with van der Waals surface area (Å²) in [6.45, 7) is 7.72. The van der Waals surface area contributed by atoms with Crippen molar-refractivity contribution in [3.63, 3.8) is 0 Å². The van der Waals surface area contributed by atoms with Crippen molar-refractivity contribution < 1.29 is 0 Å². The molecule has 0 amide bonds. The highest BCUT2D eigenvalue weighted by Gasteiger charge is 2.19. The van der Waals surface area contributed by atoms with Gasteiger partial charge in [-0.1, -0.05) is 84.9 Å². The van der Waals surface area contributed by atoms with Gasteiger partial charge in [-0.05, 0) is 83.4 Å². The van der Waals surface area contributed by atoms with E-state index in [1.165, 1.54) is 10.8 Å². The molecular formula is C45H25N5. The SMILES string of the molecule is [C-]#[N+]c1ccc2c3cc(C#N)ccc3n(-c3ccc(C#N)cc3-c3ccccc3-c3ccc(-n4c5ccccc5c5ccccc54)cc3)c2c1. The second-order valence-corrected chi connectivity index (χ2v) is 12.3. The number of benzene rings is 7. The van der Waals surface area contributed by atoms with E-state index >= 15 is 0 Å². The van der Waals surface area contributed by atoms with Crippen molar-refractivity contribution in [3.8, 4) is 45.8 Å². The minimum Gasteiger partial charge on any atom is -0.310 e. The van der Waals surface area contributed by atoms with Crippen molar-refractivity contribution in [1.29, 1.82) is 10.5 Å². The quantitative estimate of drug-likeness (QED) is 0.181. The van der Waals surface area contributed by atoms with Crippen molar-refractivity contribution in [2.24, 2.45) is 0 Å². The molecule has 0 aliphatic carbocycles. The molecule has 0 bridgehead atoms. The van der Waals surface area contributed by atoms with E-state index in [0.717, 1.165) is 66.5 Å². The molecule has 0 N–H and O–H groups in total. The van der Waals surface area contributed by atoms with Crippen LogP contribution < -0.4 is 0 Å². The second-order valence-electron chi connectivity index (χ2n) is 12.3. The molecule has 0 fully saturated rings. The first-order valence-corrected chi connectivity index (χ1v) is 16.3. The number of para-hydroxylation sites is 2. The first-order chi connectivity index (χ1) is 24.7. The lowest BCUT2D eigenvalue weighted by Gasteiger charge is -2.18. The van der Waals surface area contributed by atoms with Crippen LogP contribution in [0.3, 0.4) is 0 Å². The Balaban J connectivity index is 1.25. The Bertz CT molecular complexity index is 2900. The molecule has 0 unspecified atom stereocenters. The predicted molar refractivity (Wildman–Crippen MR) is 202 cm³/mol. The van der Waals surface area contributed by atoms with Crippen LogP contribution in [-0.4, -0.2) is 9.13 Å². The standard InChI is InChI=1S/C45H25N5/c1-48-32-18-21-38-40-25-30(28-47)15-23-44(40)50(45(38)26-32)43-22-14-29(27-46)24-39(43)35-9-3-2-8-34(35)31-16-19-33(20-17-31)49-41-12-6-4-10-36(41)37-11-5-7-13-42(37)49/h2-26H. The van der Waals surface area contributed by atoms with E-state index in [4.69, 9.17) is 6.57 Å². The highest BCUT2D eigenvalue weighted by atomic mass is 15.0. The van der Waals surface area contributed by atoms with Crippen LogP contribution in [0.25, 0.3) is 82.1 Å². The number of hydrogen-bond acceptors (Lipinski definition) is 2. The van der Waals surface area contributed by atoms with Gasteiger partial charge < -0.3 is 9.13 Å². The maximum absolute atomic E-state index is 10.0. The molecule has 9 rings (SSSR count). The number of hydrogen-bond donors (Lipinski definition) is 0. The molecule has 230 valence electrons. The van der Waals surface area contributed by atoms with Gasteiger partial charge in [-0.3, -0.25) is 0 Å². The van der Waals surface area contributed by atoms with Crippen LogP contribution in [0.15, 0.2) is 152 Å². The normalized spacial score (nSPS) is 11.1. The Morgan fingerprint density at radius 3 is 1.76 bits per heavy atom. The van der Waals surface area contributed by atoms with Gasteiger partial charge in [-0.25, -0.2) is 4.85 Å². The minimum absolute atomic E-state index is 0.529. The molecule has 2 heterocycles. The first-order valence-electron chi connectivity index (χ1n) is 16.3. The summed E-state index contributed by atoms with van der Waals surface area (Å²) < 4.78 is 4.46. The summed E-state index contributed by atoms with van der Waals surface area (Å²) in [5.74, 6) is 0. The lowest BCUT2D eigenvalue weighted by Crippen LogP contribution is -1.99. The van der Waals surface area contributed by atoms with Crippen LogP contribution in [-0.2, 0) is 0 Å². The zero-order valence-corrected chi connectivity index (χ0v) is 26.7. The van der Waals surface area contributed by atoms with Gasteiger partial charge in [0.2, 0.25) is 0 Å². The lowest BCUT2D eigenvalue weighted by molar-refractivity contribution is 1.18. The van der Waals surface area contributed by atoms with Gasteiger partial charge in [-0.2, -0.15) is 10.5 Å². The summed E-state index contributed by atoms with van der Waals surface area (Å²) in [6.07, 6.45) is 0. The van der Waals surface area contributed by atoms with E-state index in [-0.39, 0.29) is 0 Å². The lowest BCUT2D eigenvalue weighted by atomic mass is 9.92. The van der Waals surface area contributed by atoms with Crippen LogP contribution in [0.4, 0.5) is 5.69 Å². The van der Waals surface area contributed by atoms with Crippen molar-refractivity contribution in [2.75, 3.05) is 0 Å². The van der Waals surface area contributed by atoms with Crippen molar-refractivity contribution in [2.45, 2.75) is 0 Å². The van der Waals surface area contributed by atoms with Crippen molar-refractivity contribution in [1.82, 2.24) is 9.13 Å². The highest BCUT2D eigenvalue weighted by molar-refractivity contribution is 6.11. The Labute approximate surface area is 288 Å². The summed E-state index contributed by atoms with van der Waals surface area (Å²) in [4.78, 5) is 3.72. The van der Waals surface area contributed by atoms with Gasteiger partial charge in [-0.15, -0.1) is 0 Å². The summed E-state index contributed by atoms with van der Waals surface area (Å²) in [6, 6.07) is 55.7. The average molecular weight is 636 g/mol. The molecule has 0 saturated carbocycles. The molecule has 0 spiro atoms. The fourth-order valence-corrected chi connectivity index (χ4v) is 7.38. The summed E-state index contributed by atoms with van der Waals surface area (Å²) >= 11 is 0. The molecule has 0 atom stereocenters. The van der Waals surface area contributed by atoms with E-state index < -0.39 is 0 Å². The summed E-state index contributed by atoms with van der Waals surface area (Å²) in [5.41, 5.74) is 11.7.